The molecule has 0 aromatic carbocycles. The fraction of sp³-hybridized carbons (Fsp3) is 0.917. The molecule has 0 spiro atoms. The minimum absolute atomic E-state index is 0. The number of halogens is 1. The highest BCUT2D eigenvalue weighted by Gasteiger charge is 2.16. The summed E-state index contributed by atoms with van der Waals surface area (Å²) in [5.41, 5.74) is 6.02. The molecule has 2 N–H and O–H groups in total. The quantitative estimate of drug-likeness (QED) is 0.469. The molecule has 4 nitrogen and oxygen atoms in total. The highest BCUT2D eigenvalue weighted by molar-refractivity contribution is 14.0. The summed E-state index contributed by atoms with van der Waals surface area (Å²) in [6, 6.07) is 0. The van der Waals surface area contributed by atoms with Crippen LogP contribution in [0, 0.1) is 0 Å². The molecule has 100 valence electrons. The second-order valence-electron chi connectivity index (χ2n) is 4.74. The minimum Gasteiger partial charge on any atom is -0.376 e. The summed E-state index contributed by atoms with van der Waals surface area (Å²) in [6.07, 6.45) is 7.77. The zero-order valence-corrected chi connectivity index (χ0v) is 12.8. The van der Waals surface area contributed by atoms with E-state index in [0.717, 1.165) is 38.6 Å². The molecule has 0 aromatic heterocycles. The Hall–Kier alpha value is -0.0400. The molecule has 2 aliphatic rings. The molecule has 0 radical (unpaired) electrons. The average molecular weight is 353 g/mol. The number of aliphatic imine (C=N–C) groups is 1. The summed E-state index contributed by atoms with van der Waals surface area (Å²) in [6.45, 7) is 3.77. The van der Waals surface area contributed by atoms with E-state index < -0.39 is 0 Å². The Labute approximate surface area is 121 Å². The van der Waals surface area contributed by atoms with E-state index in [1.54, 1.807) is 0 Å². The first-order valence-corrected chi connectivity index (χ1v) is 6.53. The lowest BCUT2D eigenvalue weighted by Gasteiger charge is -2.21. The summed E-state index contributed by atoms with van der Waals surface area (Å²) in [4.78, 5) is 6.69. The molecule has 2 fully saturated rings. The van der Waals surface area contributed by atoms with Crippen molar-refractivity contribution < 1.29 is 4.74 Å². The number of hydrogen-bond acceptors (Lipinski definition) is 2. The van der Waals surface area contributed by atoms with Gasteiger partial charge < -0.3 is 15.4 Å². The zero-order chi connectivity index (χ0) is 11.2. The van der Waals surface area contributed by atoms with Crippen LogP contribution < -0.4 is 5.73 Å². The monoisotopic (exact) mass is 353 g/mol. The van der Waals surface area contributed by atoms with Crippen LogP contribution >= 0.6 is 24.0 Å². The van der Waals surface area contributed by atoms with Gasteiger partial charge in [-0.1, -0.05) is 12.8 Å². The molecule has 0 aromatic rings. The van der Waals surface area contributed by atoms with E-state index in [4.69, 9.17) is 10.5 Å². The van der Waals surface area contributed by atoms with Gasteiger partial charge >= 0.3 is 0 Å². The molecule has 0 saturated carbocycles. The van der Waals surface area contributed by atoms with Crippen LogP contribution in [0.3, 0.4) is 0 Å². The number of nitrogens with zero attached hydrogens (tertiary/aromatic N) is 2. The van der Waals surface area contributed by atoms with Gasteiger partial charge in [-0.3, -0.25) is 4.99 Å². The number of nitrogens with two attached hydrogens (primary N) is 1. The van der Waals surface area contributed by atoms with Gasteiger partial charge in [0.15, 0.2) is 5.96 Å². The number of guanidine groups is 1. The first kappa shape index (κ1) is 15.0. The van der Waals surface area contributed by atoms with E-state index in [-0.39, 0.29) is 24.0 Å². The summed E-state index contributed by atoms with van der Waals surface area (Å²) >= 11 is 0. The van der Waals surface area contributed by atoms with Gasteiger partial charge in [-0.2, -0.15) is 0 Å². The topological polar surface area (TPSA) is 50.9 Å². The molecule has 1 atom stereocenters. The van der Waals surface area contributed by atoms with Crippen molar-refractivity contribution in [2.75, 3.05) is 26.2 Å². The Morgan fingerprint density at radius 1 is 1.18 bits per heavy atom. The van der Waals surface area contributed by atoms with Crippen LogP contribution in [0.25, 0.3) is 0 Å². The van der Waals surface area contributed by atoms with E-state index in [1.165, 1.54) is 32.1 Å². The van der Waals surface area contributed by atoms with Crippen molar-refractivity contribution >= 4 is 29.9 Å². The normalized spacial score (nSPS) is 26.5. The van der Waals surface area contributed by atoms with Crippen LogP contribution in [-0.2, 0) is 4.74 Å². The number of ether oxygens (including phenoxy) is 1. The van der Waals surface area contributed by atoms with Crippen LogP contribution in [0.1, 0.15) is 38.5 Å². The Morgan fingerprint density at radius 3 is 2.47 bits per heavy atom. The first-order valence-electron chi connectivity index (χ1n) is 6.53. The van der Waals surface area contributed by atoms with Crippen molar-refractivity contribution in [3.05, 3.63) is 0 Å². The molecule has 2 aliphatic heterocycles. The van der Waals surface area contributed by atoms with Crippen LogP contribution in [0.5, 0.6) is 0 Å². The van der Waals surface area contributed by atoms with Gasteiger partial charge in [0.2, 0.25) is 0 Å². The molecular formula is C12H24IN3O. The Kier molecular flexibility index (Phi) is 7.18. The largest absolute Gasteiger partial charge is 0.376 e. The molecule has 0 aliphatic carbocycles. The lowest BCUT2D eigenvalue weighted by molar-refractivity contribution is 0.117. The van der Waals surface area contributed by atoms with Gasteiger partial charge in [-0.15, -0.1) is 24.0 Å². The molecule has 17 heavy (non-hydrogen) atoms. The third kappa shape index (κ3) is 4.99. The van der Waals surface area contributed by atoms with Crippen LogP contribution in [0.4, 0.5) is 0 Å². The maximum Gasteiger partial charge on any atom is 0.191 e. The SMILES string of the molecule is I.NC(=NCC1CCCO1)N1CCCCCC1. The van der Waals surface area contributed by atoms with Gasteiger partial charge in [0.25, 0.3) is 0 Å². The maximum absolute atomic E-state index is 6.02. The predicted octanol–water partition coefficient (Wildman–Crippen LogP) is 1.97. The molecule has 2 heterocycles. The molecule has 0 amide bonds. The highest BCUT2D eigenvalue weighted by Crippen LogP contribution is 2.13. The van der Waals surface area contributed by atoms with E-state index in [2.05, 4.69) is 9.89 Å². The van der Waals surface area contributed by atoms with Gasteiger partial charge in [-0.25, -0.2) is 0 Å². The summed E-state index contributed by atoms with van der Waals surface area (Å²) < 4.78 is 5.53. The Morgan fingerprint density at radius 2 is 1.88 bits per heavy atom. The zero-order valence-electron chi connectivity index (χ0n) is 10.4. The molecule has 2 saturated heterocycles. The smallest absolute Gasteiger partial charge is 0.191 e. The van der Waals surface area contributed by atoms with Crippen molar-refractivity contribution in [1.29, 1.82) is 0 Å². The molecule has 5 heteroatoms. The number of hydrogen-bond donors (Lipinski definition) is 1. The van der Waals surface area contributed by atoms with Gasteiger partial charge in [-0.05, 0) is 25.7 Å². The van der Waals surface area contributed by atoms with Crippen LogP contribution in [0.15, 0.2) is 4.99 Å². The van der Waals surface area contributed by atoms with Crippen LogP contribution in [-0.4, -0.2) is 43.2 Å². The van der Waals surface area contributed by atoms with Crippen molar-refractivity contribution in [3.63, 3.8) is 0 Å². The fourth-order valence-corrected chi connectivity index (χ4v) is 2.38. The molecule has 0 bridgehead atoms. The number of likely N-dealkylation sites (tertiary alicyclic amines) is 1. The third-order valence-electron chi connectivity index (χ3n) is 3.41. The van der Waals surface area contributed by atoms with Gasteiger partial charge in [0.05, 0.1) is 12.6 Å². The standard InChI is InChI=1S/C12H23N3O.HI/c13-12(14-10-11-6-5-9-16-11)15-7-3-1-2-4-8-15;/h11H,1-10H2,(H2,13,14);1H. The first-order chi connectivity index (χ1) is 7.86. The fourth-order valence-electron chi connectivity index (χ4n) is 2.38. The second-order valence-corrected chi connectivity index (χ2v) is 4.74. The van der Waals surface area contributed by atoms with Crippen molar-refractivity contribution in [2.45, 2.75) is 44.6 Å². The summed E-state index contributed by atoms with van der Waals surface area (Å²) in [5, 5.41) is 0. The Bertz CT molecular complexity index is 234. The Balaban J connectivity index is 0.00000144. The van der Waals surface area contributed by atoms with E-state index in [1.807, 2.05) is 0 Å². The molecular weight excluding hydrogens is 329 g/mol. The van der Waals surface area contributed by atoms with Gasteiger partial charge in [0.1, 0.15) is 0 Å². The van der Waals surface area contributed by atoms with Crippen molar-refractivity contribution in [3.8, 4) is 0 Å². The van der Waals surface area contributed by atoms with Crippen molar-refractivity contribution in [2.24, 2.45) is 10.7 Å². The predicted molar refractivity (Wildman–Crippen MR) is 80.9 cm³/mol. The number of rotatable bonds is 2. The second kappa shape index (κ2) is 8.13. The average Bonchev–Trinajstić information content (AvgIpc) is 2.66. The third-order valence-corrected chi connectivity index (χ3v) is 3.41. The molecule has 2 rings (SSSR count). The summed E-state index contributed by atoms with van der Waals surface area (Å²) in [7, 11) is 0. The van der Waals surface area contributed by atoms with E-state index in [9.17, 15) is 0 Å². The van der Waals surface area contributed by atoms with Crippen molar-refractivity contribution in [1.82, 2.24) is 4.90 Å². The maximum atomic E-state index is 6.02. The minimum atomic E-state index is 0. The van der Waals surface area contributed by atoms with Crippen LogP contribution in [0.2, 0.25) is 0 Å². The lowest BCUT2D eigenvalue weighted by atomic mass is 10.2. The molecule has 1 unspecified atom stereocenters. The van der Waals surface area contributed by atoms with Gasteiger partial charge in [0, 0.05) is 19.7 Å². The summed E-state index contributed by atoms with van der Waals surface area (Å²) in [5.74, 6) is 0.720. The highest BCUT2D eigenvalue weighted by atomic mass is 127. The van der Waals surface area contributed by atoms with E-state index in [0.29, 0.717) is 6.10 Å². The lowest BCUT2D eigenvalue weighted by Crippen LogP contribution is -2.38. The van der Waals surface area contributed by atoms with E-state index >= 15 is 0 Å².